The Morgan fingerprint density at radius 3 is 2.42 bits per heavy atom. The quantitative estimate of drug-likeness (QED) is 0.851. The number of hydrogen-bond donors (Lipinski definition) is 2. The minimum absolute atomic E-state index is 0.214. The zero-order valence-corrected chi connectivity index (χ0v) is 15.5. The molecule has 2 N–H and O–H groups in total. The molecule has 1 aliphatic carbocycles. The average molecular weight is 354 g/mol. The van der Waals surface area contributed by atoms with E-state index in [1.165, 1.54) is 0 Å². The topological polar surface area (TPSA) is 75.6 Å². The van der Waals surface area contributed by atoms with Gasteiger partial charge in [-0.15, -0.1) is 0 Å². The summed E-state index contributed by atoms with van der Waals surface area (Å²) in [5.41, 5.74) is 0.0953. The Kier molecular flexibility index (Phi) is 4.98. The number of aryl methyl sites for hydroxylation is 2. The van der Waals surface area contributed by atoms with Crippen molar-refractivity contribution in [3.05, 3.63) is 33.8 Å². The largest absolute Gasteiger partial charge is 0.479 e. The van der Waals surface area contributed by atoms with Gasteiger partial charge in [0.25, 0.3) is 5.91 Å². The van der Waals surface area contributed by atoms with Crippen LogP contribution in [0.4, 0.5) is 0 Å². The Labute approximate surface area is 147 Å². The van der Waals surface area contributed by atoms with Gasteiger partial charge in [-0.05, 0) is 44.0 Å². The lowest BCUT2D eigenvalue weighted by Crippen LogP contribution is -2.76. The second kappa shape index (κ2) is 6.37. The van der Waals surface area contributed by atoms with Crippen LogP contribution in [0.2, 0.25) is 5.02 Å². The highest BCUT2D eigenvalue weighted by Crippen LogP contribution is 2.51. The van der Waals surface area contributed by atoms with Gasteiger partial charge < -0.3 is 15.2 Å². The minimum atomic E-state index is -1.37. The summed E-state index contributed by atoms with van der Waals surface area (Å²) in [5.74, 6) is -1.54. The van der Waals surface area contributed by atoms with Crippen molar-refractivity contribution in [2.75, 3.05) is 6.61 Å². The fourth-order valence-corrected chi connectivity index (χ4v) is 3.56. The first-order valence-corrected chi connectivity index (χ1v) is 8.39. The lowest BCUT2D eigenvalue weighted by molar-refractivity contribution is -0.190. The van der Waals surface area contributed by atoms with E-state index in [0.29, 0.717) is 11.6 Å². The maximum Gasteiger partial charge on any atom is 0.330 e. The summed E-state index contributed by atoms with van der Waals surface area (Å²) < 4.78 is 5.60. The van der Waals surface area contributed by atoms with E-state index in [1.54, 1.807) is 26.0 Å². The van der Waals surface area contributed by atoms with Crippen LogP contribution in [0.15, 0.2) is 12.1 Å². The molecule has 5 nitrogen and oxygen atoms in total. The number of halogens is 1. The van der Waals surface area contributed by atoms with Crippen LogP contribution in [-0.4, -0.2) is 35.2 Å². The number of carbonyl (C=O) groups excluding carboxylic acids is 1. The third kappa shape index (κ3) is 2.80. The molecule has 24 heavy (non-hydrogen) atoms. The maximum absolute atomic E-state index is 12.7. The van der Waals surface area contributed by atoms with Crippen molar-refractivity contribution in [2.45, 2.75) is 52.7 Å². The van der Waals surface area contributed by atoms with E-state index in [-0.39, 0.29) is 18.1 Å². The van der Waals surface area contributed by atoms with E-state index < -0.39 is 22.8 Å². The summed E-state index contributed by atoms with van der Waals surface area (Å²) >= 11 is 6.18. The molecule has 0 radical (unpaired) electrons. The summed E-state index contributed by atoms with van der Waals surface area (Å²) in [7, 11) is 0. The monoisotopic (exact) mass is 353 g/mol. The molecule has 2 atom stereocenters. The smallest absolute Gasteiger partial charge is 0.330 e. The van der Waals surface area contributed by atoms with Gasteiger partial charge in [-0.2, -0.15) is 0 Å². The molecule has 0 aliphatic heterocycles. The second-order valence-corrected chi connectivity index (χ2v) is 7.36. The van der Waals surface area contributed by atoms with Gasteiger partial charge in [-0.3, -0.25) is 4.79 Å². The Morgan fingerprint density at radius 1 is 1.33 bits per heavy atom. The molecule has 0 saturated heterocycles. The van der Waals surface area contributed by atoms with Crippen LogP contribution in [0.3, 0.4) is 0 Å². The van der Waals surface area contributed by atoms with Gasteiger partial charge in [0, 0.05) is 18.4 Å². The fraction of sp³-hybridized carbons (Fsp3) is 0.556. The highest BCUT2D eigenvalue weighted by molar-refractivity contribution is 6.34. The molecule has 0 spiro atoms. The third-order valence-corrected chi connectivity index (χ3v) is 5.60. The summed E-state index contributed by atoms with van der Waals surface area (Å²) in [4.78, 5) is 24.6. The molecule has 2 unspecified atom stereocenters. The average Bonchev–Trinajstić information content (AvgIpc) is 2.49. The molecule has 0 aromatic heterocycles. The van der Waals surface area contributed by atoms with E-state index in [0.717, 1.165) is 11.1 Å². The number of nitrogens with one attached hydrogen (secondary N) is 1. The maximum atomic E-state index is 12.7. The number of rotatable bonds is 5. The molecule has 6 heteroatoms. The van der Waals surface area contributed by atoms with Gasteiger partial charge in [-0.25, -0.2) is 4.79 Å². The Morgan fingerprint density at radius 2 is 1.92 bits per heavy atom. The van der Waals surface area contributed by atoms with Crippen molar-refractivity contribution in [2.24, 2.45) is 5.41 Å². The third-order valence-electron chi connectivity index (χ3n) is 5.28. The SMILES string of the molecule is CCOC1CC(NC(=O)c2cc(C)c(C)cc2Cl)(C(=O)O)C1(C)C. The zero-order valence-electron chi connectivity index (χ0n) is 14.7. The number of aliphatic carboxylic acids is 1. The number of carboxylic acid groups (broad SMARTS) is 1. The molecule has 1 amide bonds. The number of benzene rings is 1. The molecule has 2 rings (SSSR count). The van der Waals surface area contributed by atoms with Crippen molar-refractivity contribution in [1.29, 1.82) is 0 Å². The predicted molar refractivity (Wildman–Crippen MR) is 92.6 cm³/mol. The molecule has 1 aromatic rings. The number of carboxylic acids is 1. The van der Waals surface area contributed by atoms with Gasteiger partial charge in [0.2, 0.25) is 0 Å². The summed E-state index contributed by atoms with van der Waals surface area (Å²) in [6, 6.07) is 3.41. The zero-order chi connectivity index (χ0) is 18.3. The minimum Gasteiger partial charge on any atom is -0.479 e. The van der Waals surface area contributed by atoms with Gasteiger partial charge in [0.05, 0.1) is 16.7 Å². The second-order valence-electron chi connectivity index (χ2n) is 6.95. The lowest BCUT2D eigenvalue weighted by atomic mass is 9.54. The van der Waals surface area contributed by atoms with Crippen molar-refractivity contribution >= 4 is 23.5 Å². The molecule has 1 fully saturated rings. The first-order valence-electron chi connectivity index (χ1n) is 8.01. The van der Waals surface area contributed by atoms with Crippen LogP contribution in [0, 0.1) is 19.3 Å². The van der Waals surface area contributed by atoms with E-state index >= 15 is 0 Å². The number of ether oxygens (including phenoxy) is 1. The van der Waals surface area contributed by atoms with Gasteiger partial charge >= 0.3 is 5.97 Å². The Balaban J connectivity index is 2.32. The van der Waals surface area contributed by atoms with E-state index in [1.807, 2.05) is 20.8 Å². The molecular weight excluding hydrogens is 330 g/mol. The van der Waals surface area contributed by atoms with Crippen molar-refractivity contribution in [1.82, 2.24) is 5.32 Å². The summed E-state index contributed by atoms with van der Waals surface area (Å²) in [6.45, 7) is 9.75. The molecule has 0 heterocycles. The Hall–Kier alpha value is -1.59. The molecule has 0 bridgehead atoms. The van der Waals surface area contributed by atoms with Crippen LogP contribution in [0.5, 0.6) is 0 Å². The van der Waals surface area contributed by atoms with Crippen LogP contribution in [-0.2, 0) is 9.53 Å². The normalized spacial score (nSPS) is 25.0. The van der Waals surface area contributed by atoms with E-state index in [2.05, 4.69) is 5.32 Å². The fourth-order valence-electron chi connectivity index (χ4n) is 3.25. The van der Waals surface area contributed by atoms with Crippen molar-refractivity contribution in [3.63, 3.8) is 0 Å². The molecule has 1 aliphatic rings. The number of amides is 1. The van der Waals surface area contributed by atoms with Crippen LogP contribution in [0.1, 0.15) is 48.7 Å². The van der Waals surface area contributed by atoms with E-state index in [4.69, 9.17) is 16.3 Å². The summed E-state index contributed by atoms with van der Waals surface area (Å²) in [5, 5.41) is 12.8. The lowest BCUT2D eigenvalue weighted by Gasteiger charge is -2.58. The van der Waals surface area contributed by atoms with Crippen LogP contribution < -0.4 is 5.32 Å². The number of carbonyl (C=O) groups is 2. The van der Waals surface area contributed by atoms with E-state index in [9.17, 15) is 14.7 Å². The molecular formula is C18H24ClNO4. The van der Waals surface area contributed by atoms with Crippen LogP contribution in [0.25, 0.3) is 0 Å². The molecule has 1 saturated carbocycles. The summed E-state index contributed by atoms with van der Waals surface area (Å²) in [6.07, 6.45) is 0.0197. The number of hydrogen-bond acceptors (Lipinski definition) is 3. The predicted octanol–water partition coefficient (Wildman–Crippen LogP) is 3.35. The standard InChI is InChI=1S/C18H24ClNO4/c1-6-24-14-9-18(16(22)23,17(14,4)5)20-15(21)12-7-10(2)11(3)8-13(12)19/h7-8,14H,6,9H2,1-5H3,(H,20,21)(H,22,23). The van der Waals surface area contributed by atoms with Gasteiger partial charge in [-0.1, -0.05) is 25.4 Å². The van der Waals surface area contributed by atoms with Gasteiger partial charge in [0.15, 0.2) is 0 Å². The van der Waals surface area contributed by atoms with Gasteiger partial charge in [0.1, 0.15) is 5.54 Å². The molecule has 1 aromatic carbocycles. The molecule has 132 valence electrons. The van der Waals surface area contributed by atoms with Crippen molar-refractivity contribution in [3.8, 4) is 0 Å². The highest BCUT2D eigenvalue weighted by Gasteiger charge is 2.66. The van der Waals surface area contributed by atoms with Crippen LogP contribution >= 0.6 is 11.6 Å². The highest BCUT2D eigenvalue weighted by atomic mass is 35.5. The van der Waals surface area contributed by atoms with Crippen molar-refractivity contribution < 1.29 is 19.4 Å². The first kappa shape index (κ1) is 18.7. The Bertz CT molecular complexity index is 686. The first-order chi connectivity index (χ1) is 11.1.